The zero-order chi connectivity index (χ0) is 16.1. The fraction of sp³-hybridized carbons (Fsp3) is 0.0667. The number of anilines is 1. The highest BCUT2D eigenvalue weighted by molar-refractivity contribution is 8.00. The summed E-state index contributed by atoms with van der Waals surface area (Å²) in [5, 5.41) is 10.9. The van der Waals surface area contributed by atoms with Crippen LogP contribution in [-0.2, 0) is 4.79 Å². The van der Waals surface area contributed by atoms with E-state index >= 15 is 0 Å². The molecule has 0 unspecified atom stereocenters. The first-order valence-electron chi connectivity index (χ1n) is 6.63. The minimum absolute atomic E-state index is 0.0607. The molecule has 1 N–H and O–H groups in total. The number of rotatable bonds is 5. The number of benzene rings is 1. The summed E-state index contributed by atoms with van der Waals surface area (Å²) < 4.78 is 5.39. The van der Waals surface area contributed by atoms with Crippen molar-refractivity contribution in [2.24, 2.45) is 0 Å². The summed E-state index contributed by atoms with van der Waals surface area (Å²) in [5.41, 5.74) is 0.691. The Hall–Kier alpha value is -2.38. The molecule has 0 saturated carbocycles. The van der Waals surface area contributed by atoms with E-state index in [2.05, 4.69) is 20.5 Å². The third-order valence-electron chi connectivity index (χ3n) is 2.76. The smallest absolute Gasteiger partial charge is 0.322 e. The van der Waals surface area contributed by atoms with E-state index < -0.39 is 0 Å². The predicted molar refractivity (Wildman–Crippen MR) is 88.3 cm³/mol. The zero-order valence-corrected chi connectivity index (χ0v) is 13.3. The van der Waals surface area contributed by atoms with Crippen LogP contribution < -0.4 is 5.32 Å². The first-order chi connectivity index (χ1) is 11.2. The van der Waals surface area contributed by atoms with Crippen molar-refractivity contribution in [3.05, 3.63) is 53.8 Å². The number of hydrogen-bond donors (Lipinski definition) is 1. The van der Waals surface area contributed by atoms with Gasteiger partial charge < -0.3 is 4.42 Å². The number of carbonyl (C=O) groups excluding carboxylic acids is 1. The van der Waals surface area contributed by atoms with Crippen molar-refractivity contribution in [1.29, 1.82) is 0 Å². The van der Waals surface area contributed by atoms with Crippen molar-refractivity contribution in [2.45, 2.75) is 4.90 Å². The number of carbonyl (C=O) groups is 1. The molecule has 6 nitrogen and oxygen atoms in total. The summed E-state index contributed by atoms with van der Waals surface area (Å²) in [5.74, 6) is 0.303. The highest BCUT2D eigenvalue weighted by Crippen LogP contribution is 2.21. The van der Waals surface area contributed by atoms with E-state index in [1.165, 1.54) is 11.8 Å². The molecule has 0 aliphatic heterocycles. The van der Waals surface area contributed by atoms with E-state index in [1.807, 2.05) is 12.1 Å². The normalized spacial score (nSPS) is 10.5. The summed E-state index contributed by atoms with van der Waals surface area (Å²) in [6.07, 6.45) is 3.26. The molecule has 0 atom stereocenters. The number of pyridine rings is 1. The molecule has 116 valence electrons. The van der Waals surface area contributed by atoms with Crippen LogP contribution in [0.2, 0.25) is 5.02 Å². The lowest BCUT2D eigenvalue weighted by Crippen LogP contribution is -2.14. The minimum Gasteiger partial charge on any atom is -0.403 e. The maximum atomic E-state index is 11.9. The van der Waals surface area contributed by atoms with Crippen molar-refractivity contribution in [2.75, 3.05) is 11.1 Å². The number of aromatic nitrogens is 3. The molecule has 0 fully saturated rings. The maximum Gasteiger partial charge on any atom is 0.322 e. The molecule has 0 saturated heterocycles. The van der Waals surface area contributed by atoms with E-state index in [-0.39, 0.29) is 17.7 Å². The van der Waals surface area contributed by atoms with Crippen molar-refractivity contribution in [1.82, 2.24) is 15.2 Å². The molecule has 0 aliphatic carbocycles. The van der Waals surface area contributed by atoms with E-state index in [1.54, 1.807) is 36.7 Å². The molecule has 0 bridgehead atoms. The Labute approximate surface area is 141 Å². The standard InChI is InChI=1S/C15H11ClN4O2S/c16-11-3-5-12(6-4-11)23-9-13(21)18-15-20-19-14(22-15)10-2-1-7-17-8-10/h1-8H,9H2,(H,18,20,21). The Balaban J connectivity index is 1.56. The molecule has 0 radical (unpaired) electrons. The van der Waals surface area contributed by atoms with Gasteiger partial charge in [-0.2, -0.15) is 0 Å². The molecule has 3 aromatic rings. The maximum absolute atomic E-state index is 11.9. The number of nitrogens with zero attached hydrogens (tertiary/aromatic N) is 3. The Morgan fingerprint density at radius 3 is 2.78 bits per heavy atom. The molecular weight excluding hydrogens is 336 g/mol. The van der Waals surface area contributed by atoms with Gasteiger partial charge in [-0.15, -0.1) is 16.9 Å². The van der Waals surface area contributed by atoms with Gasteiger partial charge >= 0.3 is 6.01 Å². The minimum atomic E-state index is -0.230. The summed E-state index contributed by atoms with van der Waals surface area (Å²) in [4.78, 5) is 16.8. The van der Waals surface area contributed by atoms with Gasteiger partial charge in [-0.1, -0.05) is 16.7 Å². The van der Waals surface area contributed by atoms with Crippen molar-refractivity contribution >= 4 is 35.3 Å². The molecule has 0 spiro atoms. The number of halogens is 1. The first kappa shape index (κ1) is 15.5. The lowest BCUT2D eigenvalue weighted by Gasteiger charge is -2.01. The van der Waals surface area contributed by atoms with Gasteiger partial charge in [-0.05, 0) is 36.4 Å². The monoisotopic (exact) mass is 346 g/mol. The molecule has 2 heterocycles. The van der Waals surface area contributed by atoms with Crippen LogP contribution in [0.25, 0.3) is 11.5 Å². The topological polar surface area (TPSA) is 80.9 Å². The summed E-state index contributed by atoms with van der Waals surface area (Å²) >= 11 is 7.20. The van der Waals surface area contributed by atoms with Gasteiger partial charge in [-0.3, -0.25) is 15.1 Å². The second kappa shape index (κ2) is 7.26. The van der Waals surface area contributed by atoms with E-state index in [0.29, 0.717) is 16.5 Å². The Bertz CT molecular complexity index is 793. The summed E-state index contributed by atoms with van der Waals surface area (Å²) in [6, 6.07) is 10.9. The van der Waals surface area contributed by atoms with E-state index in [9.17, 15) is 4.79 Å². The van der Waals surface area contributed by atoms with Crippen LogP contribution in [0.4, 0.5) is 6.01 Å². The summed E-state index contributed by atoms with van der Waals surface area (Å²) in [6.45, 7) is 0. The van der Waals surface area contributed by atoms with E-state index in [0.717, 1.165) is 4.90 Å². The molecule has 0 aliphatic rings. The van der Waals surface area contributed by atoms with Crippen LogP contribution in [0.5, 0.6) is 0 Å². The van der Waals surface area contributed by atoms with Gasteiger partial charge in [-0.25, -0.2) is 0 Å². The second-order valence-electron chi connectivity index (χ2n) is 4.44. The summed E-state index contributed by atoms with van der Waals surface area (Å²) in [7, 11) is 0. The fourth-order valence-corrected chi connectivity index (χ4v) is 2.54. The predicted octanol–water partition coefficient (Wildman–Crippen LogP) is 3.52. The lowest BCUT2D eigenvalue weighted by atomic mass is 10.3. The first-order valence-corrected chi connectivity index (χ1v) is 7.99. The Kier molecular flexibility index (Phi) is 4.89. The molecule has 8 heteroatoms. The van der Waals surface area contributed by atoms with Crippen LogP contribution >= 0.6 is 23.4 Å². The number of hydrogen-bond acceptors (Lipinski definition) is 6. The van der Waals surface area contributed by atoms with Gasteiger partial charge in [0.1, 0.15) is 0 Å². The van der Waals surface area contributed by atoms with Gasteiger partial charge in [0.05, 0.1) is 11.3 Å². The lowest BCUT2D eigenvalue weighted by molar-refractivity contribution is -0.113. The van der Waals surface area contributed by atoms with Gasteiger partial charge in [0, 0.05) is 22.3 Å². The molecular formula is C15H11ClN4O2S. The molecule has 1 amide bonds. The number of amides is 1. The van der Waals surface area contributed by atoms with Crippen LogP contribution in [-0.4, -0.2) is 26.8 Å². The highest BCUT2D eigenvalue weighted by atomic mass is 35.5. The van der Waals surface area contributed by atoms with Crippen molar-refractivity contribution in [3.63, 3.8) is 0 Å². The molecule has 23 heavy (non-hydrogen) atoms. The largest absolute Gasteiger partial charge is 0.403 e. The van der Waals surface area contributed by atoms with Gasteiger partial charge in [0.15, 0.2) is 0 Å². The Morgan fingerprint density at radius 1 is 1.22 bits per heavy atom. The average Bonchev–Trinajstić information content (AvgIpc) is 3.04. The Morgan fingerprint density at radius 2 is 2.04 bits per heavy atom. The van der Waals surface area contributed by atoms with Gasteiger partial charge in [0.25, 0.3) is 5.89 Å². The van der Waals surface area contributed by atoms with Crippen LogP contribution in [0.3, 0.4) is 0 Å². The van der Waals surface area contributed by atoms with Crippen LogP contribution in [0.1, 0.15) is 0 Å². The van der Waals surface area contributed by atoms with Crippen molar-refractivity contribution in [3.8, 4) is 11.5 Å². The number of nitrogens with one attached hydrogen (secondary N) is 1. The SMILES string of the molecule is O=C(CSc1ccc(Cl)cc1)Nc1nnc(-c2cccnc2)o1. The third kappa shape index (κ3) is 4.30. The molecule has 1 aromatic carbocycles. The quantitative estimate of drug-likeness (QED) is 0.712. The average molecular weight is 347 g/mol. The molecule has 3 rings (SSSR count). The second-order valence-corrected chi connectivity index (χ2v) is 5.93. The zero-order valence-electron chi connectivity index (χ0n) is 11.8. The van der Waals surface area contributed by atoms with Gasteiger partial charge in [0.2, 0.25) is 5.91 Å². The third-order valence-corrected chi connectivity index (χ3v) is 4.03. The van der Waals surface area contributed by atoms with E-state index in [4.69, 9.17) is 16.0 Å². The number of thioether (sulfide) groups is 1. The van der Waals surface area contributed by atoms with Crippen molar-refractivity contribution < 1.29 is 9.21 Å². The fourth-order valence-electron chi connectivity index (χ4n) is 1.71. The molecule has 2 aromatic heterocycles. The highest BCUT2D eigenvalue weighted by Gasteiger charge is 2.11. The van der Waals surface area contributed by atoms with Crippen LogP contribution in [0, 0.1) is 0 Å². The van der Waals surface area contributed by atoms with Crippen LogP contribution in [0.15, 0.2) is 58.1 Å².